The van der Waals surface area contributed by atoms with Gasteiger partial charge in [-0.3, -0.25) is 0 Å². The van der Waals surface area contributed by atoms with Crippen LogP contribution in [0.4, 0.5) is 34.1 Å². The molecule has 0 radical (unpaired) electrons. The maximum atomic E-state index is 9.71. The second-order valence-corrected chi connectivity index (χ2v) is 16.1. The molecule has 0 aliphatic carbocycles. The van der Waals surface area contributed by atoms with Crippen molar-refractivity contribution in [2.45, 2.75) is 0 Å². The van der Waals surface area contributed by atoms with Gasteiger partial charge in [0.25, 0.3) is 0 Å². The second kappa shape index (κ2) is 22.0. The molecule has 1 aliphatic heterocycles. The fraction of sp³-hybridized carbons (Fsp3) is 0. The number of nitrogens with zero attached hydrogens (tertiary/aromatic N) is 4. The molecule has 0 saturated carbocycles. The standard InChI is InChI=1S/C64H46N4O/c65-47-56(48-66)55-45-63(43-37-51-27-21-49(22-28-51)25-31-53-33-39-61(40-34-53)67(57-13-5-1-6-14-57)58-15-7-2-8-16-58)69-64(46-55)44-38-52-29-23-50(24-30-52)26-32-54-35-41-62(42-36-54)68(59-17-9-3-10-18-59)60-19-11-4-12-20-60/h1-46H/b31-25+,32-26+,43-37+,44-38+. The average Bonchev–Trinajstić information content (AvgIpc) is 3.41. The zero-order valence-electron chi connectivity index (χ0n) is 37.8. The molecule has 0 fully saturated rings. The fourth-order valence-electron chi connectivity index (χ4n) is 7.86. The van der Waals surface area contributed by atoms with Crippen molar-refractivity contribution in [3.8, 4) is 12.1 Å². The first kappa shape index (κ1) is 44.5. The zero-order chi connectivity index (χ0) is 47.0. The average molecular weight is 887 g/mol. The number of hydrogen-bond donors (Lipinski definition) is 0. The predicted octanol–water partition coefficient (Wildman–Crippen LogP) is 16.8. The van der Waals surface area contributed by atoms with Crippen molar-refractivity contribution in [3.05, 3.63) is 299 Å². The van der Waals surface area contributed by atoms with Gasteiger partial charge in [0, 0.05) is 39.7 Å². The molecule has 0 saturated heterocycles. The van der Waals surface area contributed by atoms with Crippen LogP contribution in [0.1, 0.15) is 33.4 Å². The van der Waals surface area contributed by atoms with Crippen LogP contribution in [0.15, 0.2) is 265 Å². The van der Waals surface area contributed by atoms with Crippen molar-refractivity contribution >= 4 is 70.6 Å². The summed E-state index contributed by atoms with van der Waals surface area (Å²) in [7, 11) is 0. The molecule has 1 aliphatic rings. The van der Waals surface area contributed by atoms with Crippen molar-refractivity contribution < 1.29 is 4.74 Å². The Balaban J connectivity index is 0.823. The third kappa shape index (κ3) is 11.6. The molecule has 1 heterocycles. The van der Waals surface area contributed by atoms with Gasteiger partial charge >= 0.3 is 0 Å². The number of hydrogen-bond acceptors (Lipinski definition) is 5. The van der Waals surface area contributed by atoms with Gasteiger partial charge in [0.2, 0.25) is 0 Å². The van der Waals surface area contributed by atoms with Crippen LogP contribution in [0.3, 0.4) is 0 Å². The van der Waals surface area contributed by atoms with E-state index in [4.69, 9.17) is 4.74 Å². The molecule has 0 bridgehead atoms. The molecule has 328 valence electrons. The van der Waals surface area contributed by atoms with E-state index >= 15 is 0 Å². The molecule has 0 atom stereocenters. The van der Waals surface area contributed by atoms with Crippen molar-refractivity contribution in [2.24, 2.45) is 0 Å². The van der Waals surface area contributed by atoms with E-state index in [1.54, 1.807) is 12.2 Å². The fourth-order valence-corrected chi connectivity index (χ4v) is 7.86. The Morgan fingerprint density at radius 1 is 0.304 bits per heavy atom. The Kier molecular flexibility index (Phi) is 14.2. The van der Waals surface area contributed by atoms with Crippen molar-refractivity contribution in [1.82, 2.24) is 0 Å². The van der Waals surface area contributed by atoms with Gasteiger partial charge in [-0.15, -0.1) is 0 Å². The van der Waals surface area contributed by atoms with E-state index in [0.717, 1.165) is 67.5 Å². The summed E-state index contributed by atoms with van der Waals surface area (Å²) in [4.78, 5) is 4.50. The molecule has 0 spiro atoms. The van der Waals surface area contributed by atoms with E-state index in [1.807, 2.05) is 85.0 Å². The summed E-state index contributed by atoms with van der Waals surface area (Å²) in [5, 5.41) is 19.4. The van der Waals surface area contributed by atoms with Crippen molar-refractivity contribution in [2.75, 3.05) is 9.80 Å². The van der Waals surface area contributed by atoms with Crippen LogP contribution < -0.4 is 9.80 Å². The first-order valence-corrected chi connectivity index (χ1v) is 22.7. The molecular formula is C64H46N4O. The van der Waals surface area contributed by atoms with E-state index in [9.17, 15) is 10.5 Å². The largest absolute Gasteiger partial charge is 0.457 e. The smallest absolute Gasteiger partial charge is 0.137 e. The molecule has 9 rings (SSSR count). The molecule has 5 heteroatoms. The Morgan fingerprint density at radius 3 is 0.797 bits per heavy atom. The SMILES string of the molecule is N#CC(C#N)=C1C=C(/C=C/c2ccc(/C=C/c3ccc(N(c4ccccc4)c4ccccc4)cc3)cc2)OC(/C=C/c2ccc(/C=C/c3ccc(N(c4ccccc4)c4ccccc4)cc3)cc2)=C1. The van der Waals surface area contributed by atoms with E-state index in [1.165, 1.54) is 0 Å². The van der Waals surface area contributed by atoms with Crippen LogP contribution >= 0.6 is 0 Å². The van der Waals surface area contributed by atoms with Crippen LogP contribution in [0, 0.1) is 22.7 Å². The molecule has 8 aromatic carbocycles. The highest BCUT2D eigenvalue weighted by molar-refractivity contribution is 5.80. The van der Waals surface area contributed by atoms with Gasteiger partial charge in [0.15, 0.2) is 0 Å². The van der Waals surface area contributed by atoms with Crippen LogP contribution in [0.2, 0.25) is 0 Å². The number of ether oxygens (including phenoxy) is 1. The molecule has 69 heavy (non-hydrogen) atoms. The van der Waals surface area contributed by atoms with Gasteiger partial charge in [-0.2, -0.15) is 10.5 Å². The molecule has 0 aromatic heterocycles. The third-order valence-corrected chi connectivity index (χ3v) is 11.4. The van der Waals surface area contributed by atoms with Crippen LogP contribution in [-0.4, -0.2) is 0 Å². The van der Waals surface area contributed by atoms with Gasteiger partial charge in [0.05, 0.1) is 0 Å². The van der Waals surface area contributed by atoms with E-state index < -0.39 is 0 Å². The molecule has 0 unspecified atom stereocenters. The Hall–Kier alpha value is -9.68. The quantitative estimate of drug-likeness (QED) is 0.0804. The summed E-state index contributed by atoms with van der Waals surface area (Å²) in [5.74, 6) is 1.03. The number of nitriles is 2. The van der Waals surface area contributed by atoms with Gasteiger partial charge in [0.1, 0.15) is 29.2 Å². The lowest BCUT2D eigenvalue weighted by Crippen LogP contribution is -2.09. The first-order valence-electron chi connectivity index (χ1n) is 22.7. The summed E-state index contributed by atoms with van der Waals surface area (Å²) in [5.41, 5.74) is 13.4. The summed E-state index contributed by atoms with van der Waals surface area (Å²) in [6.45, 7) is 0. The number of anilines is 6. The highest BCUT2D eigenvalue weighted by Gasteiger charge is 2.14. The minimum absolute atomic E-state index is 0.0149. The van der Waals surface area contributed by atoms with Gasteiger partial charge in [-0.05, 0) is 130 Å². The topological polar surface area (TPSA) is 63.3 Å². The normalized spacial score (nSPS) is 12.3. The summed E-state index contributed by atoms with van der Waals surface area (Å²) < 4.78 is 6.24. The van der Waals surface area contributed by atoms with Crippen molar-refractivity contribution in [3.63, 3.8) is 0 Å². The number of rotatable bonds is 14. The van der Waals surface area contributed by atoms with Crippen LogP contribution in [-0.2, 0) is 4.74 Å². The molecule has 8 aromatic rings. The highest BCUT2D eigenvalue weighted by atomic mass is 16.5. The summed E-state index contributed by atoms with van der Waals surface area (Å²) >= 11 is 0. The Labute approximate surface area is 404 Å². The number of benzene rings is 8. The second-order valence-electron chi connectivity index (χ2n) is 16.1. The lowest BCUT2D eigenvalue weighted by atomic mass is 10.0. The first-order chi connectivity index (χ1) is 34.1. The molecule has 5 nitrogen and oxygen atoms in total. The lowest BCUT2D eigenvalue weighted by molar-refractivity contribution is 0.332. The van der Waals surface area contributed by atoms with E-state index in [-0.39, 0.29) is 5.57 Å². The van der Waals surface area contributed by atoms with Gasteiger partial charge in [-0.1, -0.05) is 182 Å². The molecular weight excluding hydrogens is 841 g/mol. The van der Waals surface area contributed by atoms with E-state index in [2.05, 4.69) is 204 Å². The monoisotopic (exact) mass is 886 g/mol. The minimum Gasteiger partial charge on any atom is -0.457 e. The summed E-state index contributed by atoms with van der Waals surface area (Å²) in [6, 6.07) is 79.1. The predicted molar refractivity (Wildman–Crippen MR) is 287 cm³/mol. The maximum Gasteiger partial charge on any atom is 0.137 e. The molecule has 0 amide bonds. The van der Waals surface area contributed by atoms with Gasteiger partial charge in [-0.25, -0.2) is 0 Å². The molecule has 0 N–H and O–H groups in total. The van der Waals surface area contributed by atoms with E-state index in [0.29, 0.717) is 17.1 Å². The van der Waals surface area contributed by atoms with Crippen LogP contribution in [0.25, 0.3) is 36.5 Å². The lowest BCUT2D eigenvalue weighted by Gasteiger charge is -2.25. The Morgan fingerprint density at radius 2 is 0.536 bits per heavy atom. The van der Waals surface area contributed by atoms with Gasteiger partial charge < -0.3 is 14.5 Å². The Bertz CT molecular complexity index is 3000. The van der Waals surface area contributed by atoms with Crippen molar-refractivity contribution in [1.29, 1.82) is 10.5 Å². The van der Waals surface area contributed by atoms with Crippen LogP contribution in [0.5, 0.6) is 0 Å². The number of allylic oxidation sites excluding steroid dienone is 6. The number of para-hydroxylation sites is 4. The zero-order valence-corrected chi connectivity index (χ0v) is 37.8. The minimum atomic E-state index is 0.0149. The maximum absolute atomic E-state index is 9.71. The highest BCUT2D eigenvalue weighted by Crippen LogP contribution is 2.36. The third-order valence-electron chi connectivity index (χ3n) is 11.4. The summed E-state index contributed by atoms with van der Waals surface area (Å²) in [6.07, 6.45) is 19.5.